The van der Waals surface area contributed by atoms with E-state index in [1.165, 1.54) is 0 Å². The Balaban J connectivity index is 2.06. The molecular weight excluding hydrogens is 360 g/mol. The molecule has 0 spiro atoms. The van der Waals surface area contributed by atoms with Crippen molar-refractivity contribution in [1.82, 2.24) is 0 Å². The molecule has 1 fully saturated rings. The Bertz CT molecular complexity index is 505. The van der Waals surface area contributed by atoms with Gasteiger partial charge in [-0.2, -0.15) is 0 Å². The Kier molecular flexibility index (Phi) is 5.62. The summed E-state index contributed by atoms with van der Waals surface area (Å²) >= 11 is 3.59. The summed E-state index contributed by atoms with van der Waals surface area (Å²) in [5.74, 6) is 1.71. The SMILES string of the molecule is CC(C)(C)[Si](C)(C)Oc1ccc(OC2CCCCO2)c(Br)c1. The highest BCUT2D eigenvalue weighted by molar-refractivity contribution is 9.10. The van der Waals surface area contributed by atoms with Crippen molar-refractivity contribution in [2.45, 2.75) is 64.5 Å². The van der Waals surface area contributed by atoms with Crippen LogP contribution >= 0.6 is 15.9 Å². The lowest BCUT2D eigenvalue weighted by Crippen LogP contribution is -2.43. The molecule has 0 saturated carbocycles. The largest absolute Gasteiger partial charge is 0.543 e. The van der Waals surface area contributed by atoms with Crippen LogP contribution in [-0.4, -0.2) is 21.2 Å². The van der Waals surface area contributed by atoms with Crippen molar-refractivity contribution in [2.75, 3.05) is 6.61 Å². The van der Waals surface area contributed by atoms with Crippen LogP contribution in [0.15, 0.2) is 22.7 Å². The van der Waals surface area contributed by atoms with Gasteiger partial charge in [0.05, 0.1) is 11.1 Å². The quantitative estimate of drug-likeness (QED) is 0.617. The minimum atomic E-state index is -1.81. The summed E-state index contributed by atoms with van der Waals surface area (Å²) in [6.45, 7) is 12.0. The summed E-state index contributed by atoms with van der Waals surface area (Å²) in [5, 5.41) is 0.185. The monoisotopic (exact) mass is 386 g/mol. The zero-order valence-corrected chi connectivity index (χ0v) is 16.8. The third-order valence-corrected chi connectivity index (χ3v) is 9.46. The van der Waals surface area contributed by atoms with Crippen LogP contribution in [0.4, 0.5) is 0 Å². The van der Waals surface area contributed by atoms with Crippen LogP contribution in [0, 0.1) is 0 Å². The number of halogens is 1. The van der Waals surface area contributed by atoms with Crippen LogP contribution in [0.5, 0.6) is 11.5 Å². The average Bonchev–Trinajstić information content (AvgIpc) is 2.41. The molecule has 1 aromatic carbocycles. The summed E-state index contributed by atoms with van der Waals surface area (Å²) in [6, 6.07) is 5.95. The molecule has 0 aliphatic carbocycles. The maximum absolute atomic E-state index is 6.31. The predicted octanol–water partition coefficient (Wildman–Crippen LogP) is 5.74. The van der Waals surface area contributed by atoms with Crippen LogP contribution in [-0.2, 0) is 4.74 Å². The van der Waals surface area contributed by atoms with Gasteiger partial charge in [0.2, 0.25) is 8.32 Å². The fourth-order valence-electron chi connectivity index (χ4n) is 2.03. The van der Waals surface area contributed by atoms with Gasteiger partial charge in [-0.15, -0.1) is 0 Å². The standard InChI is InChI=1S/C17H27BrO3Si/c1-17(2,3)22(4,5)21-13-9-10-15(14(18)12-13)20-16-8-6-7-11-19-16/h9-10,12,16H,6-8,11H2,1-5H3. The van der Waals surface area contributed by atoms with Gasteiger partial charge in [0.15, 0.2) is 6.29 Å². The molecule has 0 radical (unpaired) electrons. The molecule has 3 nitrogen and oxygen atoms in total. The van der Waals surface area contributed by atoms with Crippen molar-refractivity contribution in [1.29, 1.82) is 0 Å². The van der Waals surface area contributed by atoms with E-state index in [0.29, 0.717) is 0 Å². The predicted molar refractivity (Wildman–Crippen MR) is 96.2 cm³/mol. The van der Waals surface area contributed by atoms with Gasteiger partial charge < -0.3 is 13.9 Å². The number of ether oxygens (including phenoxy) is 2. The van der Waals surface area contributed by atoms with Crippen molar-refractivity contribution in [3.05, 3.63) is 22.7 Å². The summed E-state index contributed by atoms with van der Waals surface area (Å²) in [5.41, 5.74) is 0. The molecule has 1 heterocycles. The molecule has 1 aliphatic heterocycles. The van der Waals surface area contributed by atoms with Crippen LogP contribution in [0.2, 0.25) is 18.1 Å². The molecule has 5 heteroatoms. The van der Waals surface area contributed by atoms with Crippen LogP contribution in [0.25, 0.3) is 0 Å². The molecule has 124 valence electrons. The molecule has 0 bridgehead atoms. The van der Waals surface area contributed by atoms with Gasteiger partial charge in [-0.25, -0.2) is 0 Å². The fraction of sp³-hybridized carbons (Fsp3) is 0.647. The van der Waals surface area contributed by atoms with Gasteiger partial charge in [0.1, 0.15) is 11.5 Å². The Morgan fingerprint density at radius 2 is 1.95 bits per heavy atom. The van der Waals surface area contributed by atoms with Crippen LogP contribution in [0.3, 0.4) is 0 Å². The second kappa shape index (κ2) is 6.93. The lowest BCUT2D eigenvalue weighted by molar-refractivity contribution is -0.106. The highest BCUT2D eigenvalue weighted by atomic mass is 79.9. The van der Waals surface area contributed by atoms with Crippen molar-refractivity contribution in [3.63, 3.8) is 0 Å². The molecule has 2 rings (SSSR count). The topological polar surface area (TPSA) is 27.7 Å². The second-order valence-corrected chi connectivity index (χ2v) is 12.9. The van der Waals surface area contributed by atoms with Crippen molar-refractivity contribution in [2.24, 2.45) is 0 Å². The van der Waals surface area contributed by atoms with E-state index in [-0.39, 0.29) is 11.3 Å². The van der Waals surface area contributed by atoms with Crippen molar-refractivity contribution >= 4 is 24.2 Å². The summed E-state index contributed by atoms with van der Waals surface area (Å²) < 4.78 is 18.8. The van der Waals surface area contributed by atoms with E-state index in [9.17, 15) is 0 Å². The maximum atomic E-state index is 6.31. The van der Waals surface area contributed by atoms with Gasteiger partial charge >= 0.3 is 0 Å². The molecule has 22 heavy (non-hydrogen) atoms. The smallest absolute Gasteiger partial charge is 0.250 e. The number of hydrogen-bond acceptors (Lipinski definition) is 3. The molecule has 0 N–H and O–H groups in total. The van der Waals surface area contributed by atoms with Crippen LogP contribution < -0.4 is 9.16 Å². The minimum Gasteiger partial charge on any atom is -0.543 e. The first kappa shape index (κ1) is 17.8. The second-order valence-electron chi connectivity index (χ2n) is 7.37. The highest BCUT2D eigenvalue weighted by Gasteiger charge is 2.39. The van der Waals surface area contributed by atoms with E-state index in [1.807, 2.05) is 18.2 Å². The Morgan fingerprint density at radius 1 is 1.23 bits per heavy atom. The minimum absolute atomic E-state index is 0.128. The normalized spacial score (nSPS) is 19.8. The van der Waals surface area contributed by atoms with E-state index in [2.05, 4.69) is 49.8 Å². The zero-order chi connectivity index (χ0) is 16.4. The summed E-state index contributed by atoms with van der Waals surface area (Å²) in [6.07, 6.45) is 3.11. The molecule has 1 aromatic rings. The van der Waals surface area contributed by atoms with Gasteiger partial charge in [-0.1, -0.05) is 20.8 Å². The molecule has 1 saturated heterocycles. The Labute approximate surface area is 143 Å². The third-order valence-electron chi connectivity index (χ3n) is 4.48. The Morgan fingerprint density at radius 3 is 2.50 bits per heavy atom. The molecule has 1 unspecified atom stereocenters. The molecule has 0 aromatic heterocycles. The lowest BCUT2D eigenvalue weighted by atomic mass is 10.2. The van der Waals surface area contributed by atoms with E-state index in [0.717, 1.165) is 41.8 Å². The van der Waals surface area contributed by atoms with Crippen LogP contribution in [0.1, 0.15) is 40.0 Å². The van der Waals surface area contributed by atoms with Gasteiger partial charge in [-0.05, 0) is 65.1 Å². The van der Waals surface area contributed by atoms with E-state index in [4.69, 9.17) is 13.9 Å². The third kappa shape index (κ3) is 4.49. The average molecular weight is 387 g/mol. The van der Waals surface area contributed by atoms with Gasteiger partial charge in [-0.3, -0.25) is 0 Å². The van der Waals surface area contributed by atoms with Crippen molar-refractivity contribution < 1.29 is 13.9 Å². The van der Waals surface area contributed by atoms with E-state index >= 15 is 0 Å². The summed E-state index contributed by atoms with van der Waals surface area (Å²) in [7, 11) is -1.81. The first-order valence-corrected chi connectivity index (χ1v) is 11.7. The first-order valence-electron chi connectivity index (χ1n) is 7.96. The summed E-state index contributed by atoms with van der Waals surface area (Å²) in [4.78, 5) is 0. The molecule has 1 atom stereocenters. The first-order chi connectivity index (χ1) is 10.2. The number of rotatable bonds is 4. The molecule has 0 amide bonds. The zero-order valence-electron chi connectivity index (χ0n) is 14.2. The number of hydrogen-bond donors (Lipinski definition) is 0. The molecule has 1 aliphatic rings. The van der Waals surface area contributed by atoms with Gasteiger partial charge in [0, 0.05) is 6.42 Å². The molecular formula is C17H27BrO3Si. The van der Waals surface area contributed by atoms with Crippen molar-refractivity contribution in [3.8, 4) is 11.5 Å². The lowest BCUT2D eigenvalue weighted by Gasteiger charge is -2.36. The fourth-order valence-corrected chi connectivity index (χ4v) is 3.51. The van der Waals surface area contributed by atoms with Gasteiger partial charge in [0.25, 0.3) is 0 Å². The highest BCUT2D eigenvalue weighted by Crippen LogP contribution is 2.39. The Hall–Kier alpha value is -0.523. The maximum Gasteiger partial charge on any atom is 0.250 e. The van der Waals surface area contributed by atoms with E-state index < -0.39 is 8.32 Å². The number of benzene rings is 1. The van der Waals surface area contributed by atoms with E-state index in [1.54, 1.807) is 0 Å².